The third kappa shape index (κ3) is 4.45. The zero-order chi connectivity index (χ0) is 16.9. The number of aromatic nitrogens is 2. The van der Waals surface area contributed by atoms with Gasteiger partial charge < -0.3 is 9.64 Å². The molecule has 5 nitrogen and oxygen atoms in total. The quantitative estimate of drug-likeness (QED) is 0.854. The highest BCUT2D eigenvalue weighted by atomic mass is 35.5. The van der Waals surface area contributed by atoms with E-state index in [1.807, 2.05) is 36.1 Å². The zero-order valence-electron chi connectivity index (χ0n) is 13.6. The fourth-order valence-electron chi connectivity index (χ4n) is 2.82. The van der Waals surface area contributed by atoms with Crippen molar-refractivity contribution in [3.8, 4) is 5.88 Å². The van der Waals surface area contributed by atoms with Crippen LogP contribution in [0, 0.1) is 6.92 Å². The van der Waals surface area contributed by atoms with Gasteiger partial charge in [-0.25, -0.2) is 4.98 Å². The van der Waals surface area contributed by atoms with Crippen LogP contribution in [0.1, 0.15) is 24.2 Å². The Bertz CT molecular complexity index is 706. The molecular formula is C18H20ClN3O2. The van der Waals surface area contributed by atoms with E-state index in [0.717, 1.165) is 24.9 Å². The summed E-state index contributed by atoms with van der Waals surface area (Å²) in [7, 11) is 0. The molecule has 1 atom stereocenters. The summed E-state index contributed by atoms with van der Waals surface area (Å²) in [6.07, 6.45) is 3.90. The van der Waals surface area contributed by atoms with Crippen LogP contribution in [-0.2, 0) is 11.2 Å². The van der Waals surface area contributed by atoms with Gasteiger partial charge in [0.1, 0.15) is 11.9 Å². The zero-order valence-corrected chi connectivity index (χ0v) is 14.4. The third-order valence-electron chi connectivity index (χ3n) is 4.04. The smallest absolute Gasteiger partial charge is 0.227 e. The predicted octanol–water partition coefficient (Wildman–Crippen LogP) is 3.05. The SMILES string of the molecule is Cc1nccc(O[C@@H]2CCCN(C(=O)Cc3ccc(Cl)cc3)C2)n1. The largest absolute Gasteiger partial charge is 0.472 e. The molecule has 2 heterocycles. The van der Waals surface area contributed by atoms with Gasteiger partial charge in [-0.1, -0.05) is 23.7 Å². The number of halogens is 1. The van der Waals surface area contributed by atoms with Gasteiger partial charge in [-0.05, 0) is 37.5 Å². The minimum atomic E-state index is -0.0257. The van der Waals surface area contributed by atoms with E-state index in [1.165, 1.54) is 0 Å². The van der Waals surface area contributed by atoms with Crippen LogP contribution in [0.4, 0.5) is 0 Å². The van der Waals surface area contributed by atoms with E-state index in [9.17, 15) is 4.79 Å². The summed E-state index contributed by atoms with van der Waals surface area (Å²) in [6.45, 7) is 3.19. The molecule has 0 saturated carbocycles. The molecule has 1 aliphatic heterocycles. The molecule has 1 fully saturated rings. The Morgan fingerprint density at radius 2 is 2.12 bits per heavy atom. The van der Waals surface area contributed by atoms with Crippen LogP contribution >= 0.6 is 11.6 Å². The number of rotatable bonds is 4. The van der Waals surface area contributed by atoms with E-state index < -0.39 is 0 Å². The maximum Gasteiger partial charge on any atom is 0.227 e. The Morgan fingerprint density at radius 1 is 1.33 bits per heavy atom. The van der Waals surface area contributed by atoms with E-state index >= 15 is 0 Å². The molecule has 0 N–H and O–H groups in total. The number of benzene rings is 1. The van der Waals surface area contributed by atoms with Crippen LogP contribution in [0.3, 0.4) is 0 Å². The van der Waals surface area contributed by atoms with E-state index in [1.54, 1.807) is 12.3 Å². The number of ether oxygens (including phenoxy) is 1. The van der Waals surface area contributed by atoms with Gasteiger partial charge in [-0.15, -0.1) is 0 Å². The van der Waals surface area contributed by atoms with Crippen molar-refractivity contribution in [1.82, 2.24) is 14.9 Å². The number of nitrogens with zero attached hydrogens (tertiary/aromatic N) is 3. The Balaban J connectivity index is 1.58. The van der Waals surface area contributed by atoms with Crippen LogP contribution in [0.5, 0.6) is 5.88 Å². The second-order valence-electron chi connectivity index (χ2n) is 5.97. The van der Waals surface area contributed by atoms with E-state index in [-0.39, 0.29) is 12.0 Å². The summed E-state index contributed by atoms with van der Waals surface area (Å²) >= 11 is 5.88. The topological polar surface area (TPSA) is 55.3 Å². The van der Waals surface area contributed by atoms with Crippen molar-refractivity contribution in [3.05, 3.63) is 52.9 Å². The first-order valence-corrected chi connectivity index (χ1v) is 8.46. The van der Waals surface area contributed by atoms with Gasteiger partial charge >= 0.3 is 0 Å². The second-order valence-corrected chi connectivity index (χ2v) is 6.40. The summed E-state index contributed by atoms with van der Waals surface area (Å²) in [4.78, 5) is 22.7. The fourth-order valence-corrected chi connectivity index (χ4v) is 2.95. The Morgan fingerprint density at radius 3 is 2.88 bits per heavy atom. The standard InChI is InChI=1S/C18H20ClN3O2/c1-13-20-9-8-17(21-13)24-16-3-2-10-22(12-16)18(23)11-14-4-6-15(19)7-5-14/h4-9,16H,2-3,10-12H2,1H3/t16-/m1/s1. The van der Waals surface area contributed by atoms with Crippen molar-refractivity contribution < 1.29 is 9.53 Å². The minimum absolute atomic E-state index is 0.0257. The number of amides is 1. The molecule has 3 rings (SSSR count). The lowest BCUT2D eigenvalue weighted by Crippen LogP contribution is -2.45. The Labute approximate surface area is 146 Å². The van der Waals surface area contributed by atoms with Gasteiger partial charge in [0.25, 0.3) is 0 Å². The molecule has 24 heavy (non-hydrogen) atoms. The van der Waals surface area contributed by atoms with Gasteiger partial charge in [0.05, 0.1) is 13.0 Å². The van der Waals surface area contributed by atoms with Crippen molar-refractivity contribution in [1.29, 1.82) is 0 Å². The summed E-state index contributed by atoms with van der Waals surface area (Å²) in [5.41, 5.74) is 0.971. The van der Waals surface area contributed by atoms with Gasteiger partial charge in [-0.2, -0.15) is 4.98 Å². The van der Waals surface area contributed by atoms with E-state index in [2.05, 4.69) is 9.97 Å². The molecule has 0 bridgehead atoms. The average Bonchev–Trinajstić information content (AvgIpc) is 2.57. The van der Waals surface area contributed by atoms with Gasteiger partial charge in [0.2, 0.25) is 11.8 Å². The summed E-state index contributed by atoms with van der Waals surface area (Å²) < 4.78 is 5.92. The first-order valence-electron chi connectivity index (χ1n) is 8.08. The lowest BCUT2D eigenvalue weighted by molar-refractivity contribution is -0.133. The van der Waals surface area contributed by atoms with Crippen LogP contribution in [0.15, 0.2) is 36.5 Å². The molecule has 126 valence electrons. The predicted molar refractivity (Wildman–Crippen MR) is 92.2 cm³/mol. The molecule has 1 aromatic heterocycles. The molecule has 0 radical (unpaired) electrons. The Kier molecular flexibility index (Phi) is 5.30. The average molecular weight is 346 g/mol. The maximum atomic E-state index is 12.5. The first-order chi connectivity index (χ1) is 11.6. The summed E-state index contributed by atoms with van der Waals surface area (Å²) in [6, 6.07) is 9.15. The van der Waals surface area contributed by atoms with Crippen LogP contribution < -0.4 is 4.74 Å². The highest BCUT2D eigenvalue weighted by Crippen LogP contribution is 2.18. The van der Waals surface area contributed by atoms with E-state index in [0.29, 0.717) is 29.7 Å². The van der Waals surface area contributed by atoms with Crippen LogP contribution in [-0.4, -0.2) is 40.0 Å². The Hall–Kier alpha value is -2.14. The van der Waals surface area contributed by atoms with Crippen molar-refractivity contribution in [3.63, 3.8) is 0 Å². The minimum Gasteiger partial charge on any atom is -0.472 e. The molecule has 6 heteroatoms. The molecule has 0 unspecified atom stereocenters. The monoisotopic (exact) mass is 345 g/mol. The molecule has 0 spiro atoms. The van der Waals surface area contributed by atoms with Crippen molar-refractivity contribution in [2.45, 2.75) is 32.3 Å². The van der Waals surface area contributed by atoms with Crippen molar-refractivity contribution >= 4 is 17.5 Å². The van der Waals surface area contributed by atoms with Crippen LogP contribution in [0.25, 0.3) is 0 Å². The van der Waals surface area contributed by atoms with Crippen LogP contribution in [0.2, 0.25) is 5.02 Å². The number of hydrogen-bond acceptors (Lipinski definition) is 4. The lowest BCUT2D eigenvalue weighted by Gasteiger charge is -2.32. The molecule has 1 aromatic carbocycles. The number of aryl methyl sites for hydroxylation is 1. The highest BCUT2D eigenvalue weighted by molar-refractivity contribution is 6.30. The fraction of sp³-hybridized carbons (Fsp3) is 0.389. The number of likely N-dealkylation sites (tertiary alicyclic amines) is 1. The molecule has 1 amide bonds. The van der Waals surface area contributed by atoms with Gasteiger partial charge in [0.15, 0.2) is 0 Å². The number of piperidine rings is 1. The van der Waals surface area contributed by atoms with Crippen molar-refractivity contribution in [2.24, 2.45) is 0 Å². The first kappa shape index (κ1) is 16.7. The van der Waals surface area contributed by atoms with Gasteiger partial charge in [0, 0.05) is 23.8 Å². The summed E-state index contributed by atoms with van der Waals surface area (Å²) in [5.74, 6) is 1.36. The molecule has 0 aliphatic carbocycles. The third-order valence-corrected chi connectivity index (χ3v) is 4.29. The van der Waals surface area contributed by atoms with Gasteiger partial charge in [-0.3, -0.25) is 4.79 Å². The summed E-state index contributed by atoms with van der Waals surface area (Å²) in [5, 5.41) is 0.678. The normalized spacial score (nSPS) is 17.6. The highest BCUT2D eigenvalue weighted by Gasteiger charge is 2.25. The van der Waals surface area contributed by atoms with Crippen molar-refractivity contribution in [2.75, 3.05) is 13.1 Å². The number of hydrogen-bond donors (Lipinski definition) is 0. The second kappa shape index (κ2) is 7.62. The van der Waals surface area contributed by atoms with E-state index in [4.69, 9.17) is 16.3 Å². The molecule has 1 saturated heterocycles. The molecular weight excluding hydrogens is 326 g/mol. The maximum absolute atomic E-state index is 12.5. The number of carbonyl (C=O) groups excluding carboxylic acids is 1. The molecule has 1 aliphatic rings. The molecule has 2 aromatic rings. The number of carbonyl (C=O) groups is 1. The lowest BCUT2D eigenvalue weighted by atomic mass is 10.1.